The lowest BCUT2D eigenvalue weighted by atomic mass is 10.0. The summed E-state index contributed by atoms with van der Waals surface area (Å²) in [5, 5.41) is 2.98. The number of carbonyl (C=O) groups is 1. The van der Waals surface area contributed by atoms with E-state index in [-0.39, 0.29) is 17.1 Å². The quantitative estimate of drug-likeness (QED) is 0.292. The Bertz CT molecular complexity index is 1130. The molecule has 0 atom stereocenters. The summed E-state index contributed by atoms with van der Waals surface area (Å²) in [6.45, 7) is 2.00. The maximum Gasteiger partial charge on any atom is 0.260 e. The molecule has 0 fully saturated rings. The van der Waals surface area contributed by atoms with E-state index in [1.54, 1.807) is 0 Å². The average Bonchev–Trinajstić information content (AvgIpc) is 3.28. The number of nitrogens with one attached hydrogen (secondary N) is 1. The van der Waals surface area contributed by atoms with Crippen LogP contribution in [0.3, 0.4) is 0 Å². The van der Waals surface area contributed by atoms with Gasteiger partial charge in [0.1, 0.15) is 4.83 Å². The van der Waals surface area contributed by atoms with Gasteiger partial charge in [0.15, 0.2) is 10.9 Å². The van der Waals surface area contributed by atoms with Crippen molar-refractivity contribution >= 4 is 50.4 Å². The Labute approximate surface area is 161 Å². The molecule has 4 rings (SSSR count). The molecule has 7 heteroatoms. The highest BCUT2D eigenvalue weighted by atomic mass is 32.2. The minimum absolute atomic E-state index is 0.0417. The van der Waals surface area contributed by atoms with Crippen LogP contribution < -0.4 is 5.56 Å². The average molecular weight is 399 g/mol. The molecule has 1 aromatic carbocycles. The number of aromatic nitrogens is 2. The van der Waals surface area contributed by atoms with Crippen molar-refractivity contribution in [2.24, 2.45) is 0 Å². The Morgan fingerprint density at radius 2 is 2.00 bits per heavy atom. The molecule has 0 saturated carbocycles. The molecular weight excluding hydrogens is 384 g/mol. The van der Waals surface area contributed by atoms with Gasteiger partial charge in [-0.2, -0.15) is 0 Å². The maximum atomic E-state index is 12.7. The highest BCUT2D eigenvalue weighted by Crippen LogP contribution is 2.35. The molecule has 26 heavy (non-hydrogen) atoms. The summed E-state index contributed by atoms with van der Waals surface area (Å²) < 4.78 is 0. The minimum Gasteiger partial charge on any atom is -0.301 e. The van der Waals surface area contributed by atoms with Gasteiger partial charge in [0.25, 0.3) is 5.56 Å². The van der Waals surface area contributed by atoms with Gasteiger partial charge in [-0.15, -0.1) is 22.7 Å². The van der Waals surface area contributed by atoms with Crippen LogP contribution in [0, 0.1) is 6.92 Å². The summed E-state index contributed by atoms with van der Waals surface area (Å²) in [5.74, 6) is 0.297. The second kappa shape index (κ2) is 7.19. The van der Waals surface area contributed by atoms with Crippen molar-refractivity contribution in [2.45, 2.75) is 12.1 Å². The van der Waals surface area contributed by atoms with E-state index in [9.17, 15) is 9.59 Å². The smallest absolute Gasteiger partial charge is 0.260 e. The third kappa shape index (κ3) is 3.25. The van der Waals surface area contributed by atoms with E-state index in [0.29, 0.717) is 15.4 Å². The Balaban J connectivity index is 1.68. The molecule has 0 aliphatic heterocycles. The van der Waals surface area contributed by atoms with Crippen molar-refractivity contribution in [3.63, 3.8) is 0 Å². The fraction of sp³-hybridized carbons (Fsp3) is 0.105. The molecule has 130 valence electrons. The fourth-order valence-corrected chi connectivity index (χ4v) is 5.37. The molecule has 4 nitrogen and oxygen atoms in total. The molecule has 0 unspecified atom stereocenters. The van der Waals surface area contributed by atoms with Crippen LogP contribution in [0.4, 0.5) is 0 Å². The van der Waals surface area contributed by atoms with Gasteiger partial charge in [-0.05, 0) is 23.9 Å². The summed E-state index contributed by atoms with van der Waals surface area (Å²) in [6, 6.07) is 13.5. The predicted molar refractivity (Wildman–Crippen MR) is 110 cm³/mol. The molecule has 0 spiro atoms. The number of H-pyrrole nitrogens is 1. The fourth-order valence-electron chi connectivity index (χ4n) is 2.76. The van der Waals surface area contributed by atoms with E-state index in [4.69, 9.17) is 0 Å². The van der Waals surface area contributed by atoms with Gasteiger partial charge in [0.2, 0.25) is 0 Å². The minimum atomic E-state index is -0.163. The number of nitrogens with zero attached hydrogens (tertiary/aromatic N) is 1. The summed E-state index contributed by atoms with van der Waals surface area (Å²) in [6.07, 6.45) is 0. The summed E-state index contributed by atoms with van der Waals surface area (Å²) in [7, 11) is 0. The number of thioether (sulfide) groups is 1. The van der Waals surface area contributed by atoms with Crippen molar-refractivity contribution in [1.82, 2.24) is 9.97 Å². The summed E-state index contributed by atoms with van der Waals surface area (Å²) in [4.78, 5) is 34.7. The second-order valence-electron chi connectivity index (χ2n) is 5.64. The van der Waals surface area contributed by atoms with Crippen molar-refractivity contribution in [2.75, 3.05) is 5.75 Å². The number of carbonyl (C=O) groups excluding carboxylic acids is 1. The van der Waals surface area contributed by atoms with E-state index >= 15 is 0 Å². The van der Waals surface area contributed by atoms with Gasteiger partial charge >= 0.3 is 0 Å². The Morgan fingerprint density at radius 1 is 1.19 bits per heavy atom. The standard InChI is InChI=1S/C19H14N2O2S3/c1-11-15(12-6-3-2-4-7-12)16-17(23)20-19(21-18(16)26-11)25-10-13(22)14-8-5-9-24-14/h2-9H,10H2,1H3,(H,20,21,23). The first-order chi connectivity index (χ1) is 12.6. The topological polar surface area (TPSA) is 62.8 Å². The second-order valence-corrected chi connectivity index (χ2v) is 8.75. The third-order valence-corrected chi connectivity index (χ3v) is 6.70. The number of fused-ring (bicyclic) bond motifs is 1. The van der Waals surface area contributed by atoms with Crippen molar-refractivity contribution in [1.29, 1.82) is 0 Å². The SMILES string of the molecule is Cc1sc2nc(SCC(=O)c3cccs3)[nH]c(=O)c2c1-c1ccccc1. The van der Waals surface area contributed by atoms with Crippen molar-refractivity contribution < 1.29 is 4.79 Å². The third-order valence-electron chi connectivity index (χ3n) is 3.91. The van der Waals surface area contributed by atoms with E-state index in [2.05, 4.69) is 9.97 Å². The maximum absolute atomic E-state index is 12.7. The number of aromatic amines is 1. The van der Waals surface area contributed by atoms with Crippen LogP contribution in [0.1, 0.15) is 14.5 Å². The van der Waals surface area contributed by atoms with Crippen LogP contribution in [-0.4, -0.2) is 21.5 Å². The van der Waals surface area contributed by atoms with Gasteiger partial charge in [0.05, 0.1) is 16.0 Å². The number of hydrogen-bond acceptors (Lipinski definition) is 6. The number of rotatable bonds is 5. The van der Waals surface area contributed by atoms with E-state index in [1.165, 1.54) is 34.4 Å². The molecule has 0 aliphatic carbocycles. The Kier molecular flexibility index (Phi) is 4.76. The highest BCUT2D eigenvalue weighted by Gasteiger charge is 2.17. The molecule has 0 amide bonds. The van der Waals surface area contributed by atoms with Gasteiger partial charge in [-0.25, -0.2) is 4.98 Å². The first-order valence-electron chi connectivity index (χ1n) is 7.92. The summed E-state index contributed by atoms with van der Waals surface area (Å²) >= 11 is 4.19. The molecule has 1 N–H and O–H groups in total. The van der Waals surface area contributed by atoms with Gasteiger partial charge < -0.3 is 4.98 Å². The van der Waals surface area contributed by atoms with Crippen LogP contribution >= 0.6 is 34.4 Å². The first kappa shape index (κ1) is 17.2. The van der Waals surface area contributed by atoms with Gasteiger partial charge in [0, 0.05) is 10.4 Å². The summed E-state index contributed by atoms with van der Waals surface area (Å²) in [5.41, 5.74) is 1.78. The molecule has 4 aromatic rings. The van der Waals surface area contributed by atoms with Crippen LogP contribution in [0.15, 0.2) is 57.8 Å². The molecule has 0 saturated heterocycles. The first-order valence-corrected chi connectivity index (χ1v) is 10.6. The number of ketones is 1. The number of aryl methyl sites for hydroxylation is 1. The molecule has 0 bridgehead atoms. The lowest BCUT2D eigenvalue weighted by Gasteiger charge is -2.02. The van der Waals surface area contributed by atoms with Crippen LogP contribution in [0.5, 0.6) is 0 Å². The zero-order valence-electron chi connectivity index (χ0n) is 13.8. The lowest BCUT2D eigenvalue weighted by Crippen LogP contribution is -2.10. The van der Waals surface area contributed by atoms with E-state index in [1.807, 2.05) is 54.8 Å². The van der Waals surface area contributed by atoms with Crippen LogP contribution in [-0.2, 0) is 0 Å². The number of Topliss-reactive ketones (excluding diaryl/α,β-unsaturated/α-hetero) is 1. The zero-order chi connectivity index (χ0) is 18.1. The molecule has 3 aromatic heterocycles. The van der Waals surface area contributed by atoms with Crippen molar-refractivity contribution in [3.05, 3.63) is 68.0 Å². The monoisotopic (exact) mass is 398 g/mol. The van der Waals surface area contributed by atoms with Gasteiger partial charge in [-0.1, -0.05) is 48.2 Å². The normalized spacial score (nSPS) is 11.1. The molecule has 0 aliphatic rings. The van der Waals surface area contributed by atoms with Crippen molar-refractivity contribution in [3.8, 4) is 11.1 Å². The van der Waals surface area contributed by atoms with E-state index < -0.39 is 0 Å². The molecular formula is C19H14N2O2S3. The van der Waals surface area contributed by atoms with Gasteiger partial charge in [-0.3, -0.25) is 9.59 Å². The highest BCUT2D eigenvalue weighted by molar-refractivity contribution is 7.99. The number of thiophene rings is 2. The van der Waals surface area contributed by atoms with Crippen LogP contribution in [0.25, 0.3) is 21.3 Å². The number of benzene rings is 1. The lowest BCUT2D eigenvalue weighted by molar-refractivity contribution is 0.102. The Hall–Kier alpha value is -2.22. The number of hydrogen-bond donors (Lipinski definition) is 1. The zero-order valence-corrected chi connectivity index (χ0v) is 16.3. The molecule has 3 heterocycles. The molecule has 0 radical (unpaired) electrons. The predicted octanol–water partition coefficient (Wildman–Crippen LogP) is 5.00. The van der Waals surface area contributed by atoms with Crippen LogP contribution in [0.2, 0.25) is 0 Å². The Morgan fingerprint density at radius 3 is 2.73 bits per heavy atom. The largest absolute Gasteiger partial charge is 0.301 e. The van der Waals surface area contributed by atoms with E-state index in [0.717, 1.165) is 20.9 Å².